The number of hydrogen-bond acceptors (Lipinski definition) is 5. The van der Waals surface area contributed by atoms with Crippen molar-refractivity contribution < 1.29 is 5.11 Å². The number of nitrogens with one attached hydrogen (secondary N) is 1. The van der Waals surface area contributed by atoms with E-state index in [4.69, 9.17) is 22.3 Å². The Bertz CT molecular complexity index is 598. The van der Waals surface area contributed by atoms with E-state index in [-0.39, 0.29) is 6.61 Å². The summed E-state index contributed by atoms with van der Waals surface area (Å²) in [6.45, 7) is 0.613. The van der Waals surface area contributed by atoms with Crippen LogP contribution < -0.4 is 22.5 Å². The Kier molecular flexibility index (Phi) is 4.32. The molecule has 0 amide bonds. The molecule has 0 heterocycles. The highest BCUT2D eigenvalue weighted by Crippen LogP contribution is 2.24. The Balaban J connectivity index is 2.18. The first-order valence-electron chi connectivity index (χ1n) is 6.47. The van der Waals surface area contributed by atoms with Gasteiger partial charge in [0.25, 0.3) is 0 Å². The van der Waals surface area contributed by atoms with E-state index in [0.29, 0.717) is 30.0 Å². The van der Waals surface area contributed by atoms with Crippen LogP contribution in [-0.4, -0.2) is 11.7 Å². The highest BCUT2D eigenvalue weighted by Gasteiger charge is 2.06. The van der Waals surface area contributed by atoms with Gasteiger partial charge < -0.3 is 27.6 Å². The third kappa shape index (κ3) is 3.13. The maximum absolute atomic E-state index is 9.11. The topological polar surface area (TPSA) is 110 Å². The van der Waals surface area contributed by atoms with E-state index in [1.165, 1.54) is 0 Å². The largest absolute Gasteiger partial charge is 0.399 e. The number of aliphatic hydroxyl groups is 1. The molecule has 0 aromatic heterocycles. The van der Waals surface area contributed by atoms with Crippen molar-refractivity contribution in [2.45, 2.75) is 13.0 Å². The minimum Gasteiger partial charge on any atom is -0.399 e. The SMILES string of the molecule is Nc1ccc(N)c(CNc2cccc(N)c2CCO)c1. The van der Waals surface area contributed by atoms with Crippen LogP contribution in [0.5, 0.6) is 0 Å². The van der Waals surface area contributed by atoms with Gasteiger partial charge >= 0.3 is 0 Å². The van der Waals surface area contributed by atoms with Crippen LogP contribution in [0.3, 0.4) is 0 Å². The summed E-state index contributed by atoms with van der Waals surface area (Å²) in [6, 6.07) is 11.0. The standard InChI is InChI=1S/C15H20N4O/c16-11-4-5-13(17)10(8-11)9-19-15-3-1-2-14(18)12(15)6-7-20/h1-5,8,19-20H,6-7,9,16-18H2. The van der Waals surface area contributed by atoms with E-state index in [2.05, 4.69) is 5.32 Å². The molecule has 20 heavy (non-hydrogen) atoms. The van der Waals surface area contributed by atoms with E-state index in [1.54, 1.807) is 12.1 Å². The lowest BCUT2D eigenvalue weighted by molar-refractivity contribution is 0.300. The minimum atomic E-state index is 0.0588. The molecule has 8 N–H and O–H groups in total. The third-order valence-corrected chi connectivity index (χ3v) is 3.21. The lowest BCUT2D eigenvalue weighted by Crippen LogP contribution is -2.08. The fraction of sp³-hybridized carbons (Fsp3) is 0.200. The first-order valence-corrected chi connectivity index (χ1v) is 6.47. The summed E-state index contributed by atoms with van der Waals surface area (Å²) in [5.41, 5.74) is 22.4. The van der Waals surface area contributed by atoms with Gasteiger partial charge in [0.1, 0.15) is 0 Å². The molecule has 0 aliphatic carbocycles. The van der Waals surface area contributed by atoms with Gasteiger partial charge in [-0.05, 0) is 42.3 Å². The number of rotatable bonds is 5. The van der Waals surface area contributed by atoms with Crippen LogP contribution in [0.1, 0.15) is 11.1 Å². The Morgan fingerprint density at radius 3 is 2.55 bits per heavy atom. The third-order valence-electron chi connectivity index (χ3n) is 3.21. The van der Waals surface area contributed by atoms with Gasteiger partial charge in [0.15, 0.2) is 0 Å². The van der Waals surface area contributed by atoms with Crippen molar-refractivity contribution in [3.8, 4) is 0 Å². The summed E-state index contributed by atoms with van der Waals surface area (Å²) in [5.74, 6) is 0. The summed E-state index contributed by atoms with van der Waals surface area (Å²) in [5, 5.41) is 12.4. The van der Waals surface area contributed by atoms with Gasteiger partial charge in [-0.25, -0.2) is 0 Å². The number of aliphatic hydroxyl groups excluding tert-OH is 1. The normalized spacial score (nSPS) is 10.4. The minimum absolute atomic E-state index is 0.0588. The fourth-order valence-electron chi connectivity index (χ4n) is 2.13. The predicted octanol–water partition coefficient (Wildman–Crippen LogP) is 1.58. The average Bonchev–Trinajstić information content (AvgIpc) is 2.43. The zero-order valence-electron chi connectivity index (χ0n) is 11.3. The van der Waals surface area contributed by atoms with Gasteiger partial charge in [0, 0.05) is 41.5 Å². The molecule has 5 heteroatoms. The van der Waals surface area contributed by atoms with Crippen LogP contribution in [0.15, 0.2) is 36.4 Å². The van der Waals surface area contributed by atoms with Crippen molar-refractivity contribution >= 4 is 22.7 Å². The Hall–Kier alpha value is -2.40. The van der Waals surface area contributed by atoms with Crippen LogP contribution in [0.2, 0.25) is 0 Å². The van der Waals surface area contributed by atoms with Gasteiger partial charge in [-0.15, -0.1) is 0 Å². The summed E-state index contributed by atoms with van der Waals surface area (Å²) in [4.78, 5) is 0. The molecule has 0 unspecified atom stereocenters. The fourth-order valence-corrected chi connectivity index (χ4v) is 2.13. The van der Waals surface area contributed by atoms with Crippen molar-refractivity contribution in [1.29, 1.82) is 0 Å². The second-order valence-electron chi connectivity index (χ2n) is 4.66. The molecule has 0 aliphatic rings. The monoisotopic (exact) mass is 272 g/mol. The molecule has 2 aromatic rings. The van der Waals surface area contributed by atoms with E-state index < -0.39 is 0 Å². The molecule has 0 radical (unpaired) electrons. The molecule has 0 atom stereocenters. The van der Waals surface area contributed by atoms with Crippen LogP contribution >= 0.6 is 0 Å². The molecule has 0 saturated heterocycles. The highest BCUT2D eigenvalue weighted by atomic mass is 16.2. The number of hydrogen-bond donors (Lipinski definition) is 5. The van der Waals surface area contributed by atoms with Crippen molar-refractivity contribution in [3.05, 3.63) is 47.5 Å². The Labute approximate surface area is 118 Å². The maximum Gasteiger partial charge on any atom is 0.0473 e. The molecule has 0 bridgehead atoms. The van der Waals surface area contributed by atoms with Crippen LogP contribution in [-0.2, 0) is 13.0 Å². The summed E-state index contributed by atoms with van der Waals surface area (Å²) in [6.07, 6.45) is 0.515. The van der Waals surface area contributed by atoms with E-state index in [1.807, 2.05) is 24.3 Å². The zero-order valence-corrected chi connectivity index (χ0v) is 11.3. The molecule has 0 saturated carbocycles. The zero-order chi connectivity index (χ0) is 14.5. The van der Waals surface area contributed by atoms with Crippen LogP contribution in [0.4, 0.5) is 22.7 Å². The second kappa shape index (κ2) is 6.16. The smallest absolute Gasteiger partial charge is 0.0473 e. The number of benzene rings is 2. The predicted molar refractivity (Wildman–Crippen MR) is 84.2 cm³/mol. The number of anilines is 4. The van der Waals surface area contributed by atoms with Gasteiger partial charge in [-0.3, -0.25) is 0 Å². The molecule has 2 rings (SSSR count). The van der Waals surface area contributed by atoms with Gasteiger partial charge in [-0.1, -0.05) is 6.07 Å². The van der Waals surface area contributed by atoms with Gasteiger partial charge in [0.05, 0.1) is 0 Å². The van der Waals surface area contributed by atoms with E-state index >= 15 is 0 Å². The first-order chi connectivity index (χ1) is 9.61. The van der Waals surface area contributed by atoms with Crippen LogP contribution in [0, 0.1) is 0 Å². The number of nitrogen functional groups attached to an aromatic ring is 3. The molecule has 2 aromatic carbocycles. The Morgan fingerprint density at radius 1 is 1.00 bits per heavy atom. The maximum atomic E-state index is 9.11. The van der Waals surface area contributed by atoms with Crippen molar-refractivity contribution in [3.63, 3.8) is 0 Å². The quantitative estimate of drug-likeness (QED) is 0.531. The lowest BCUT2D eigenvalue weighted by atomic mass is 10.1. The molecule has 5 nitrogen and oxygen atoms in total. The summed E-state index contributed by atoms with van der Waals surface area (Å²) in [7, 11) is 0. The van der Waals surface area contributed by atoms with Crippen LogP contribution in [0.25, 0.3) is 0 Å². The highest BCUT2D eigenvalue weighted by molar-refractivity contribution is 5.64. The lowest BCUT2D eigenvalue weighted by Gasteiger charge is -2.15. The summed E-state index contributed by atoms with van der Waals surface area (Å²) < 4.78 is 0. The first kappa shape index (κ1) is 14.0. The Morgan fingerprint density at radius 2 is 1.80 bits per heavy atom. The van der Waals surface area contributed by atoms with Crippen molar-refractivity contribution in [1.82, 2.24) is 0 Å². The van der Waals surface area contributed by atoms with Crippen molar-refractivity contribution in [2.24, 2.45) is 0 Å². The molecular formula is C15H20N4O. The van der Waals surface area contributed by atoms with E-state index in [0.717, 1.165) is 16.8 Å². The molecule has 0 aliphatic heterocycles. The molecular weight excluding hydrogens is 252 g/mol. The van der Waals surface area contributed by atoms with E-state index in [9.17, 15) is 0 Å². The van der Waals surface area contributed by atoms with Crippen molar-refractivity contribution in [2.75, 3.05) is 29.1 Å². The van der Waals surface area contributed by atoms with Gasteiger partial charge in [0.2, 0.25) is 0 Å². The average molecular weight is 272 g/mol. The molecule has 0 spiro atoms. The summed E-state index contributed by atoms with van der Waals surface area (Å²) >= 11 is 0. The molecule has 0 fully saturated rings. The molecule has 106 valence electrons. The second-order valence-corrected chi connectivity index (χ2v) is 4.66. The van der Waals surface area contributed by atoms with Gasteiger partial charge in [-0.2, -0.15) is 0 Å². The number of nitrogens with two attached hydrogens (primary N) is 3.